The van der Waals surface area contributed by atoms with Gasteiger partial charge in [0.15, 0.2) is 6.07 Å². The van der Waals surface area contributed by atoms with Crippen LogP contribution in [0.15, 0.2) is 22.7 Å². The van der Waals surface area contributed by atoms with Crippen molar-refractivity contribution in [3.8, 4) is 5.75 Å². The maximum absolute atomic E-state index is 10.4. The fourth-order valence-electron chi connectivity index (χ4n) is 0.775. The first-order chi connectivity index (χ1) is 6.15. The van der Waals surface area contributed by atoms with Crippen LogP contribution in [0.5, 0.6) is 5.75 Å². The zero-order valence-corrected chi connectivity index (χ0v) is 8.71. The summed E-state index contributed by atoms with van der Waals surface area (Å²) >= 11 is 8.50. The maximum Gasteiger partial charge on any atom is 0.273 e. The number of nitrogens with zero attached hydrogens (tertiary/aromatic N) is 1. The van der Waals surface area contributed by atoms with Crippen LogP contribution in [0.25, 0.3) is 0 Å². The van der Waals surface area contributed by atoms with Crippen LogP contribution in [0.2, 0.25) is 0 Å². The molecule has 6 heteroatoms. The van der Waals surface area contributed by atoms with E-state index in [1.54, 1.807) is 6.07 Å². The highest BCUT2D eigenvalue weighted by Crippen LogP contribution is 2.29. The number of nitro groups is 1. The highest BCUT2D eigenvalue weighted by molar-refractivity contribution is 9.10. The number of nitro benzene ring substituents is 1. The summed E-state index contributed by atoms with van der Waals surface area (Å²) in [6, 6.07) is 4.19. The van der Waals surface area contributed by atoms with Gasteiger partial charge in [0.1, 0.15) is 5.75 Å². The van der Waals surface area contributed by atoms with Crippen LogP contribution in [-0.4, -0.2) is 11.0 Å². The Morgan fingerprint density at radius 1 is 1.62 bits per heavy atom. The fourth-order valence-corrected chi connectivity index (χ4v) is 1.25. The van der Waals surface area contributed by atoms with Crippen molar-refractivity contribution in [2.75, 3.05) is 6.07 Å². The topological polar surface area (TPSA) is 52.4 Å². The molecule has 13 heavy (non-hydrogen) atoms. The van der Waals surface area contributed by atoms with E-state index in [1.807, 2.05) is 0 Å². The summed E-state index contributed by atoms with van der Waals surface area (Å²) in [5.74, 6) is 0.365. The number of non-ortho nitro benzene ring substituents is 1. The Hall–Kier alpha value is -0.810. The second kappa shape index (κ2) is 4.43. The molecule has 1 aromatic rings. The first-order valence-electron chi connectivity index (χ1n) is 3.28. The van der Waals surface area contributed by atoms with E-state index in [2.05, 4.69) is 15.9 Å². The van der Waals surface area contributed by atoms with Gasteiger partial charge in [-0.1, -0.05) is 11.6 Å². The van der Waals surface area contributed by atoms with Gasteiger partial charge in [0.25, 0.3) is 5.69 Å². The first kappa shape index (κ1) is 10.3. The lowest BCUT2D eigenvalue weighted by Gasteiger charge is -2.03. The smallest absolute Gasteiger partial charge is 0.273 e. The Bertz CT molecular complexity index is 332. The molecular weight excluding hydrogens is 261 g/mol. The lowest BCUT2D eigenvalue weighted by Crippen LogP contribution is -1.93. The minimum atomic E-state index is -0.493. The summed E-state index contributed by atoms with van der Waals surface area (Å²) in [4.78, 5) is 9.88. The summed E-state index contributed by atoms with van der Waals surface area (Å²) in [6.45, 7) is 0. The van der Waals surface area contributed by atoms with Crippen LogP contribution in [0.4, 0.5) is 5.69 Å². The van der Waals surface area contributed by atoms with E-state index >= 15 is 0 Å². The van der Waals surface area contributed by atoms with Crippen molar-refractivity contribution in [1.29, 1.82) is 0 Å². The third kappa shape index (κ3) is 2.57. The molecule has 0 aliphatic heterocycles. The number of alkyl halides is 1. The number of benzene rings is 1. The molecule has 0 atom stereocenters. The molecule has 4 nitrogen and oxygen atoms in total. The van der Waals surface area contributed by atoms with E-state index in [1.165, 1.54) is 12.1 Å². The predicted octanol–water partition coefficient (Wildman–Crippen LogP) is 2.93. The van der Waals surface area contributed by atoms with Gasteiger partial charge in [-0.05, 0) is 22.0 Å². The van der Waals surface area contributed by atoms with E-state index in [0.29, 0.717) is 10.2 Å². The van der Waals surface area contributed by atoms with E-state index in [9.17, 15) is 10.1 Å². The highest BCUT2D eigenvalue weighted by Gasteiger charge is 2.09. The molecule has 1 aromatic carbocycles. The molecule has 0 unspecified atom stereocenters. The van der Waals surface area contributed by atoms with Crippen LogP contribution in [0.1, 0.15) is 0 Å². The lowest BCUT2D eigenvalue weighted by atomic mass is 10.3. The Kier molecular flexibility index (Phi) is 3.50. The Balaban J connectivity index is 3.03. The SMILES string of the molecule is O=[N+]([O-])c1ccc(Br)c(OCCl)c1. The molecule has 0 amide bonds. The van der Waals surface area contributed by atoms with Crippen LogP contribution in [0, 0.1) is 10.1 Å². The second-order valence-electron chi connectivity index (χ2n) is 2.13. The van der Waals surface area contributed by atoms with Crippen molar-refractivity contribution in [1.82, 2.24) is 0 Å². The highest BCUT2D eigenvalue weighted by atomic mass is 79.9. The summed E-state index contributed by atoms with van der Waals surface area (Å²) in [6.07, 6.45) is 0. The van der Waals surface area contributed by atoms with Gasteiger partial charge in [0.2, 0.25) is 0 Å². The van der Waals surface area contributed by atoms with Gasteiger partial charge in [0.05, 0.1) is 15.5 Å². The average molecular weight is 266 g/mol. The number of hydrogen-bond acceptors (Lipinski definition) is 3. The lowest BCUT2D eigenvalue weighted by molar-refractivity contribution is -0.384. The normalized spacial score (nSPS) is 9.69. The van der Waals surface area contributed by atoms with Crippen molar-refractivity contribution < 1.29 is 9.66 Å². The molecular formula is C7H5BrClNO3. The largest absolute Gasteiger partial charge is 0.476 e. The first-order valence-corrected chi connectivity index (χ1v) is 4.60. The van der Waals surface area contributed by atoms with Crippen LogP contribution < -0.4 is 4.74 Å². The van der Waals surface area contributed by atoms with E-state index in [-0.39, 0.29) is 11.8 Å². The Labute approximate surface area is 87.7 Å². The Morgan fingerprint density at radius 3 is 2.85 bits per heavy atom. The van der Waals surface area contributed by atoms with Crippen molar-refractivity contribution in [3.63, 3.8) is 0 Å². The minimum absolute atomic E-state index is 0.0247. The van der Waals surface area contributed by atoms with Crippen molar-refractivity contribution in [2.24, 2.45) is 0 Å². The molecule has 70 valence electrons. The molecule has 0 bridgehead atoms. The summed E-state index contributed by atoms with van der Waals surface area (Å²) in [5.41, 5.74) is -0.0247. The predicted molar refractivity (Wildman–Crippen MR) is 52.1 cm³/mol. The maximum atomic E-state index is 10.4. The minimum Gasteiger partial charge on any atom is -0.476 e. The molecule has 0 saturated heterocycles. The van der Waals surface area contributed by atoms with Crippen LogP contribution >= 0.6 is 27.5 Å². The zero-order valence-electron chi connectivity index (χ0n) is 6.37. The van der Waals surface area contributed by atoms with Gasteiger partial charge in [0, 0.05) is 6.07 Å². The molecule has 0 heterocycles. The molecule has 0 aliphatic carbocycles. The average Bonchev–Trinajstić information content (AvgIpc) is 2.08. The third-order valence-corrected chi connectivity index (χ3v) is 2.10. The van der Waals surface area contributed by atoms with Gasteiger partial charge >= 0.3 is 0 Å². The van der Waals surface area contributed by atoms with E-state index in [0.717, 1.165) is 0 Å². The van der Waals surface area contributed by atoms with Gasteiger partial charge in [-0.2, -0.15) is 0 Å². The number of ether oxygens (including phenoxy) is 1. The standard InChI is InChI=1S/C7H5BrClNO3/c8-6-2-1-5(10(11)12)3-7(6)13-4-9/h1-3H,4H2. The van der Waals surface area contributed by atoms with Crippen molar-refractivity contribution in [3.05, 3.63) is 32.8 Å². The van der Waals surface area contributed by atoms with Crippen LogP contribution in [-0.2, 0) is 0 Å². The molecule has 0 radical (unpaired) electrons. The number of rotatable bonds is 3. The number of hydrogen-bond donors (Lipinski definition) is 0. The van der Waals surface area contributed by atoms with E-state index in [4.69, 9.17) is 16.3 Å². The van der Waals surface area contributed by atoms with Crippen LogP contribution in [0.3, 0.4) is 0 Å². The van der Waals surface area contributed by atoms with Crippen molar-refractivity contribution in [2.45, 2.75) is 0 Å². The molecule has 0 saturated carbocycles. The summed E-state index contributed by atoms with van der Waals surface area (Å²) < 4.78 is 5.58. The van der Waals surface area contributed by atoms with Crippen molar-refractivity contribution >= 4 is 33.2 Å². The second-order valence-corrected chi connectivity index (χ2v) is 3.20. The van der Waals surface area contributed by atoms with Gasteiger partial charge in [-0.3, -0.25) is 10.1 Å². The zero-order chi connectivity index (χ0) is 9.84. The molecule has 1 rings (SSSR count). The van der Waals surface area contributed by atoms with Gasteiger partial charge in [-0.25, -0.2) is 0 Å². The monoisotopic (exact) mass is 265 g/mol. The van der Waals surface area contributed by atoms with Gasteiger partial charge in [-0.15, -0.1) is 0 Å². The third-order valence-electron chi connectivity index (χ3n) is 1.34. The quantitative estimate of drug-likeness (QED) is 0.480. The molecule has 0 aliphatic rings. The molecule has 0 N–H and O–H groups in total. The number of halogens is 2. The molecule has 0 aromatic heterocycles. The fraction of sp³-hybridized carbons (Fsp3) is 0.143. The van der Waals surface area contributed by atoms with Gasteiger partial charge < -0.3 is 4.74 Å². The molecule has 0 fully saturated rings. The molecule has 0 spiro atoms. The summed E-state index contributed by atoms with van der Waals surface area (Å²) in [7, 11) is 0. The van der Waals surface area contributed by atoms with E-state index < -0.39 is 4.92 Å². The summed E-state index contributed by atoms with van der Waals surface area (Å²) in [5, 5.41) is 10.4. The Morgan fingerprint density at radius 2 is 2.31 bits per heavy atom.